The van der Waals surface area contributed by atoms with Crippen LogP contribution in [-0.2, 0) is 0 Å². The highest BCUT2D eigenvalue weighted by molar-refractivity contribution is 5.68. The van der Waals surface area contributed by atoms with Crippen LogP contribution in [0.1, 0.15) is 29.5 Å². The predicted octanol–water partition coefficient (Wildman–Crippen LogP) is 6.04. The van der Waals surface area contributed by atoms with Crippen LogP contribution in [0.5, 0.6) is 11.5 Å². The first-order valence-electron chi connectivity index (χ1n) is 11.3. The van der Waals surface area contributed by atoms with Gasteiger partial charge in [-0.15, -0.1) is 0 Å². The normalized spacial score (nSPS) is 20.8. The minimum Gasteiger partial charge on any atom is -0.490 e. The average Bonchev–Trinajstić information content (AvgIpc) is 3.32. The first-order chi connectivity index (χ1) is 15.7. The van der Waals surface area contributed by atoms with Crippen LogP contribution in [0.4, 0.5) is 11.4 Å². The number of ether oxygens (including phenoxy) is 2. The van der Waals surface area contributed by atoms with Gasteiger partial charge < -0.3 is 19.7 Å². The number of nitrogens with zero attached hydrogens (tertiary/aromatic N) is 1. The Balaban J connectivity index is 1.35. The fourth-order valence-electron chi connectivity index (χ4n) is 4.85. The van der Waals surface area contributed by atoms with Crippen molar-refractivity contribution < 1.29 is 9.47 Å². The standard InChI is InChI=1S/C28H30N2O2/c1-30(2)21-16-14-20(15-17-21)27-24-11-6-10-23(24)25-12-7-13-26(28(25)29-27)32-19-18-31-22-8-4-3-5-9-22/h3-10,12-17,23-24,27,29H,11,18-19H2,1-2H3. The van der Waals surface area contributed by atoms with Gasteiger partial charge in [0, 0.05) is 25.7 Å². The predicted molar refractivity (Wildman–Crippen MR) is 131 cm³/mol. The van der Waals surface area contributed by atoms with Crippen molar-refractivity contribution in [3.8, 4) is 11.5 Å². The lowest BCUT2D eigenvalue weighted by Crippen LogP contribution is -2.29. The van der Waals surface area contributed by atoms with Crippen LogP contribution in [0, 0.1) is 5.92 Å². The molecule has 4 heteroatoms. The maximum Gasteiger partial charge on any atom is 0.142 e. The molecule has 0 aromatic heterocycles. The van der Waals surface area contributed by atoms with E-state index in [0.29, 0.717) is 25.0 Å². The average molecular weight is 427 g/mol. The van der Waals surface area contributed by atoms with Crippen molar-refractivity contribution in [3.05, 3.63) is 96.1 Å². The summed E-state index contributed by atoms with van der Waals surface area (Å²) < 4.78 is 12.0. The molecule has 0 spiro atoms. The molecule has 0 amide bonds. The van der Waals surface area contributed by atoms with Gasteiger partial charge >= 0.3 is 0 Å². The number of allylic oxidation sites excluding steroid dienone is 2. The summed E-state index contributed by atoms with van der Waals surface area (Å²) in [6.07, 6.45) is 5.79. The van der Waals surface area contributed by atoms with E-state index in [0.717, 1.165) is 23.6 Å². The first kappa shape index (κ1) is 20.5. The summed E-state index contributed by atoms with van der Waals surface area (Å²) in [5, 5.41) is 3.84. The highest BCUT2D eigenvalue weighted by Gasteiger charge is 2.38. The van der Waals surface area contributed by atoms with Gasteiger partial charge in [0.2, 0.25) is 0 Å². The summed E-state index contributed by atoms with van der Waals surface area (Å²) >= 11 is 0. The van der Waals surface area contributed by atoms with Gasteiger partial charge in [0.1, 0.15) is 24.7 Å². The lowest BCUT2D eigenvalue weighted by molar-refractivity contribution is 0.217. The van der Waals surface area contributed by atoms with Crippen LogP contribution < -0.4 is 19.7 Å². The zero-order chi connectivity index (χ0) is 21.9. The topological polar surface area (TPSA) is 33.7 Å². The maximum absolute atomic E-state index is 6.19. The number of anilines is 2. The molecular formula is C28H30N2O2. The third kappa shape index (κ3) is 4.05. The van der Waals surface area contributed by atoms with Gasteiger partial charge in [0.25, 0.3) is 0 Å². The number of benzene rings is 3. The highest BCUT2D eigenvalue weighted by Crippen LogP contribution is 2.52. The third-order valence-electron chi connectivity index (χ3n) is 6.48. The van der Waals surface area contributed by atoms with Crippen LogP contribution >= 0.6 is 0 Å². The summed E-state index contributed by atoms with van der Waals surface area (Å²) in [6, 6.07) is 25.4. The number of para-hydroxylation sites is 2. The van der Waals surface area contributed by atoms with E-state index in [2.05, 4.69) is 78.9 Å². The molecule has 3 atom stereocenters. The molecule has 1 aliphatic carbocycles. The molecule has 0 saturated heterocycles. The number of nitrogens with one attached hydrogen (secondary N) is 1. The van der Waals surface area contributed by atoms with Crippen molar-refractivity contribution in [2.75, 3.05) is 37.5 Å². The molecule has 32 heavy (non-hydrogen) atoms. The van der Waals surface area contributed by atoms with Gasteiger partial charge in [0.05, 0.1) is 11.7 Å². The third-order valence-corrected chi connectivity index (χ3v) is 6.48. The summed E-state index contributed by atoms with van der Waals surface area (Å²) in [5.41, 5.74) is 4.98. The summed E-state index contributed by atoms with van der Waals surface area (Å²) in [6.45, 7) is 1.01. The Morgan fingerprint density at radius 3 is 2.44 bits per heavy atom. The highest BCUT2D eigenvalue weighted by atomic mass is 16.5. The number of fused-ring (bicyclic) bond motifs is 3. The van der Waals surface area contributed by atoms with Crippen molar-refractivity contribution >= 4 is 11.4 Å². The first-order valence-corrected chi connectivity index (χ1v) is 11.3. The van der Waals surface area contributed by atoms with E-state index in [1.165, 1.54) is 16.8 Å². The second-order valence-electron chi connectivity index (χ2n) is 8.69. The largest absolute Gasteiger partial charge is 0.490 e. The van der Waals surface area contributed by atoms with E-state index in [-0.39, 0.29) is 6.04 Å². The molecule has 2 aliphatic rings. The molecule has 164 valence electrons. The molecule has 3 aromatic carbocycles. The lowest BCUT2D eigenvalue weighted by Gasteiger charge is -2.38. The van der Waals surface area contributed by atoms with Crippen LogP contribution in [0.3, 0.4) is 0 Å². The molecule has 3 unspecified atom stereocenters. The zero-order valence-corrected chi connectivity index (χ0v) is 18.7. The summed E-state index contributed by atoms with van der Waals surface area (Å²) in [4.78, 5) is 2.14. The van der Waals surface area contributed by atoms with Crippen molar-refractivity contribution in [1.82, 2.24) is 0 Å². The van der Waals surface area contributed by atoms with Crippen LogP contribution in [-0.4, -0.2) is 27.3 Å². The number of hydrogen-bond acceptors (Lipinski definition) is 4. The molecule has 5 rings (SSSR count). The summed E-state index contributed by atoms with van der Waals surface area (Å²) in [7, 11) is 4.15. The molecule has 1 heterocycles. The Hall–Kier alpha value is -3.40. The number of rotatable bonds is 7. The van der Waals surface area contributed by atoms with E-state index in [1.54, 1.807) is 0 Å². The quantitative estimate of drug-likeness (QED) is 0.369. The Kier molecular flexibility index (Phi) is 5.76. The van der Waals surface area contributed by atoms with Crippen LogP contribution in [0.2, 0.25) is 0 Å². The molecule has 0 fully saturated rings. The van der Waals surface area contributed by atoms with Gasteiger partial charge in [-0.05, 0) is 53.8 Å². The van der Waals surface area contributed by atoms with Crippen molar-refractivity contribution in [3.63, 3.8) is 0 Å². The van der Waals surface area contributed by atoms with Crippen molar-refractivity contribution in [1.29, 1.82) is 0 Å². The molecule has 1 N–H and O–H groups in total. The fourth-order valence-corrected chi connectivity index (χ4v) is 4.85. The SMILES string of the molecule is CN(C)c1ccc(C2Nc3c(OCCOc4ccccc4)cccc3C3C=CCC32)cc1. The van der Waals surface area contributed by atoms with Crippen molar-refractivity contribution in [2.45, 2.75) is 18.4 Å². The minimum atomic E-state index is 0.254. The Morgan fingerprint density at radius 1 is 0.875 bits per heavy atom. The van der Waals surface area contributed by atoms with Gasteiger partial charge in [-0.25, -0.2) is 0 Å². The van der Waals surface area contributed by atoms with E-state index >= 15 is 0 Å². The monoisotopic (exact) mass is 426 g/mol. The second-order valence-corrected chi connectivity index (χ2v) is 8.69. The van der Waals surface area contributed by atoms with Gasteiger partial charge in [-0.2, -0.15) is 0 Å². The number of hydrogen-bond donors (Lipinski definition) is 1. The van der Waals surface area contributed by atoms with E-state index < -0.39 is 0 Å². The Morgan fingerprint density at radius 2 is 1.66 bits per heavy atom. The molecule has 3 aromatic rings. The van der Waals surface area contributed by atoms with Gasteiger partial charge in [-0.3, -0.25) is 0 Å². The smallest absolute Gasteiger partial charge is 0.142 e. The Bertz CT molecular complexity index is 1080. The van der Waals surface area contributed by atoms with Gasteiger partial charge in [-0.1, -0.05) is 54.6 Å². The van der Waals surface area contributed by atoms with E-state index in [4.69, 9.17) is 9.47 Å². The molecular weight excluding hydrogens is 396 g/mol. The van der Waals surface area contributed by atoms with Gasteiger partial charge in [0.15, 0.2) is 0 Å². The second kappa shape index (κ2) is 8.99. The lowest BCUT2D eigenvalue weighted by atomic mass is 9.77. The van der Waals surface area contributed by atoms with E-state index in [1.807, 2.05) is 30.3 Å². The summed E-state index contributed by atoms with van der Waals surface area (Å²) in [5.74, 6) is 2.69. The Labute approximate surface area is 190 Å². The molecule has 0 saturated carbocycles. The maximum atomic E-state index is 6.19. The van der Waals surface area contributed by atoms with E-state index in [9.17, 15) is 0 Å². The molecule has 4 nitrogen and oxygen atoms in total. The fraction of sp³-hybridized carbons (Fsp3) is 0.286. The van der Waals surface area contributed by atoms with Crippen LogP contribution in [0.15, 0.2) is 84.9 Å². The van der Waals surface area contributed by atoms with Crippen LogP contribution in [0.25, 0.3) is 0 Å². The zero-order valence-electron chi connectivity index (χ0n) is 18.7. The molecule has 1 aliphatic heterocycles. The molecule has 0 radical (unpaired) electrons. The minimum absolute atomic E-state index is 0.254. The van der Waals surface area contributed by atoms with Crippen molar-refractivity contribution in [2.24, 2.45) is 5.92 Å². The molecule has 0 bridgehead atoms.